The number of epoxide rings is 2. The molecule has 4 aliphatic rings. The van der Waals surface area contributed by atoms with Crippen LogP contribution in [0.25, 0.3) is 0 Å². The minimum atomic E-state index is -0.250. The van der Waals surface area contributed by atoms with E-state index in [4.69, 9.17) is 19.4 Å². The van der Waals surface area contributed by atoms with E-state index in [1.165, 1.54) is 38.5 Å². The summed E-state index contributed by atoms with van der Waals surface area (Å²) in [6, 6.07) is 0. The van der Waals surface area contributed by atoms with Crippen molar-refractivity contribution in [1.29, 1.82) is 0 Å². The molecule has 0 aromatic rings. The minimum absolute atomic E-state index is 0.250. The quantitative estimate of drug-likeness (QED) is 0.575. The fourth-order valence-electron chi connectivity index (χ4n) is 4.05. The predicted octanol–water partition coefficient (Wildman–Crippen LogP) is 2.21. The Morgan fingerprint density at radius 1 is 1.11 bits per heavy atom. The molecule has 4 fully saturated rings. The fourth-order valence-corrected chi connectivity index (χ4v) is 4.05. The molecule has 2 heterocycles. The molecule has 6 unspecified atom stereocenters. The third-order valence-corrected chi connectivity index (χ3v) is 5.34. The van der Waals surface area contributed by atoms with Crippen LogP contribution in [0.5, 0.6) is 0 Å². The highest BCUT2D eigenvalue weighted by molar-refractivity contribution is 5.32. The molecule has 1 N–H and O–H groups in total. The van der Waals surface area contributed by atoms with Gasteiger partial charge in [-0.25, -0.2) is 0 Å². The molecular weight excluding hydrogens is 232 g/mol. The fraction of sp³-hybridized carbons (Fsp3) is 0.929. The first kappa shape index (κ1) is 12.4. The molecular formula is C14H22O4. The first-order valence-electron chi connectivity index (χ1n) is 7.05. The molecule has 18 heavy (non-hydrogen) atoms. The largest absolute Gasteiger partial charge is 0.483 e. The van der Waals surface area contributed by atoms with E-state index in [-0.39, 0.29) is 6.47 Å². The summed E-state index contributed by atoms with van der Waals surface area (Å²) in [6.07, 6.45) is 10.6. The van der Waals surface area contributed by atoms with Gasteiger partial charge in [-0.05, 0) is 49.9 Å². The van der Waals surface area contributed by atoms with E-state index in [1.54, 1.807) is 0 Å². The van der Waals surface area contributed by atoms with E-state index in [0.717, 1.165) is 5.92 Å². The van der Waals surface area contributed by atoms with Crippen LogP contribution in [0, 0.1) is 11.3 Å². The van der Waals surface area contributed by atoms with Gasteiger partial charge >= 0.3 is 0 Å². The number of carbonyl (C=O) groups is 1. The SMILES string of the molecule is CC1(C2CCC3OC3C2)CCC2OC2C1.O=CO. The van der Waals surface area contributed by atoms with Crippen molar-refractivity contribution in [1.82, 2.24) is 0 Å². The van der Waals surface area contributed by atoms with Crippen LogP contribution in [0.1, 0.15) is 45.4 Å². The maximum Gasteiger partial charge on any atom is 0.290 e. The van der Waals surface area contributed by atoms with Gasteiger partial charge < -0.3 is 14.6 Å². The second-order valence-corrected chi connectivity index (χ2v) is 6.44. The van der Waals surface area contributed by atoms with Crippen molar-refractivity contribution in [3.8, 4) is 0 Å². The van der Waals surface area contributed by atoms with E-state index >= 15 is 0 Å². The molecule has 2 saturated carbocycles. The Bertz CT molecular complexity index is 332. The topological polar surface area (TPSA) is 62.4 Å². The molecule has 4 rings (SSSR count). The van der Waals surface area contributed by atoms with Gasteiger partial charge in [0, 0.05) is 0 Å². The zero-order valence-electron chi connectivity index (χ0n) is 10.9. The molecule has 4 heteroatoms. The Morgan fingerprint density at radius 2 is 1.78 bits per heavy atom. The van der Waals surface area contributed by atoms with Crippen molar-refractivity contribution in [2.75, 3.05) is 0 Å². The van der Waals surface area contributed by atoms with Gasteiger partial charge in [0.15, 0.2) is 0 Å². The van der Waals surface area contributed by atoms with Gasteiger partial charge in [0.2, 0.25) is 0 Å². The summed E-state index contributed by atoms with van der Waals surface area (Å²) in [6.45, 7) is 2.25. The number of carboxylic acid groups (broad SMARTS) is 1. The lowest BCUT2D eigenvalue weighted by Crippen LogP contribution is -2.35. The standard InChI is InChI=1S/C13H20O2.CH2O2/c1-13(5-4-10-12(7-13)15-10)8-2-3-9-11(6-8)14-9;2-1-3/h8-12H,2-7H2,1H3;1H,(H,2,3). The Balaban J connectivity index is 0.000000307. The number of ether oxygens (including phenoxy) is 2. The van der Waals surface area contributed by atoms with Gasteiger partial charge in [-0.15, -0.1) is 0 Å². The van der Waals surface area contributed by atoms with Crippen LogP contribution in [0.4, 0.5) is 0 Å². The molecule has 0 spiro atoms. The highest BCUT2D eigenvalue weighted by Crippen LogP contribution is 2.55. The van der Waals surface area contributed by atoms with Crippen molar-refractivity contribution < 1.29 is 19.4 Å². The lowest BCUT2D eigenvalue weighted by molar-refractivity contribution is -0.122. The van der Waals surface area contributed by atoms with Gasteiger partial charge in [-0.2, -0.15) is 0 Å². The van der Waals surface area contributed by atoms with E-state index in [2.05, 4.69) is 6.92 Å². The molecule has 0 aromatic heterocycles. The monoisotopic (exact) mass is 254 g/mol. The molecule has 6 atom stereocenters. The van der Waals surface area contributed by atoms with Gasteiger partial charge in [-0.3, -0.25) is 4.79 Å². The average Bonchev–Trinajstić information content (AvgIpc) is 3.23. The smallest absolute Gasteiger partial charge is 0.290 e. The van der Waals surface area contributed by atoms with E-state index in [9.17, 15) is 0 Å². The van der Waals surface area contributed by atoms with Crippen LogP contribution in [0.3, 0.4) is 0 Å². The highest BCUT2D eigenvalue weighted by atomic mass is 16.6. The molecule has 2 aliphatic carbocycles. The van der Waals surface area contributed by atoms with Crippen LogP contribution in [0.2, 0.25) is 0 Å². The lowest BCUT2D eigenvalue weighted by Gasteiger charge is -2.40. The molecule has 2 aliphatic heterocycles. The Kier molecular flexibility index (Phi) is 3.10. The third kappa shape index (κ3) is 2.28. The van der Waals surface area contributed by atoms with Gasteiger partial charge in [-0.1, -0.05) is 6.92 Å². The normalized spacial score (nSPS) is 52.2. The van der Waals surface area contributed by atoms with Crippen molar-refractivity contribution in [3.05, 3.63) is 0 Å². The molecule has 102 valence electrons. The first-order chi connectivity index (χ1) is 8.66. The average molecular weight is 254 g/mol. The molecule has 0 amide bonds. The Hall–Kier alpha value is -0.610. The van der Waals surface area contributed by atoms with Gasteiger partial charge in [0.25, 0.3) is 6.47 Å². The summed E-state index contributed by atoms with van der Waals surface area (Å²) in [5.41, 5.74) is 0.564. The highest BCUT2D eigenvalue weighted by Gasteiger charge is 2.54. The van der Waals surface area contributed by atoms with Crippen LogP contribution in [-0.4, -0.2) is 36.0 Å². The third-order valence-electron chi connectivity index (χ3n) is 5.34. The minimum Gasteiger partial charge on any atom is -0.483 e. The van der Waals surface area contributed by atoms with Gasteiger partial charge in [0.1, 0.15) is 0 Å². The van der Waals surface area contributed by atoms with Crippen molar-refractivity contribution >= 4 is 6.47 Å². The summed E-state index contributed by atoms with van der Waals surface area (Å²) < 4.78 is 11.3. The van der Waals surface area contributed by atoms with Crippen molar-refractivity contribution in [2.24, 2.45) is 11.3 Å². The van der Waals surface area contributed by atoms with Crippen LogP contribution in [-0.2, 0) is 14.3 Å². The number of rotatable bonds is 1. The number of hydrogen-bond donors (Lipinski definition) is 1. The number of fused-ring (bicyclic) bond motifs is 2. The molecule has 0 bridgehead atoms. The number of hydrogen-bond acceptors (Lipinski definition) is 3. The second-order valence-electron chi connectivity index (χ2n) is 6.44. The second kappa shape index (κ2) is 4.49. The molecule has 2 saturated heterocycles. The van der Waals surface area contributed by atoms with E-state index < -0.39 is 0 Å². The maximum absolute atomic E-state index is 8.36. The van der Waals surface area contributed by atoms with Gasteiger partial charge in [0.05, 0.1) is 24.4 Å². The van der Waals surface area contributed by atoms with Crippen molar-refractivity contribution in [2.45, 2.75) is 69.9 Å². The predicted molar refractivity (Wildman–Crippen MR) is 65.3 cm³/mol. The van der Waals surface area contributed by atoms with E-state index in [0.29, 0.717) is 29.8 Å². The maximum atomic E-state index is 8.36. The molecule has 0 radical (unpaired) electrons. The summed E-state index contributed by atoms with van der Waals surface area (Å²) >= 11 is 0. The summed E-state index contributed by atoms with van der Waals surface area (Å²) in [4.78, 5) is 8.36. The molecule has 0 aromatic carbocycles. The Morgan fingerprint density at radius 3 is 2.44 bits per heavy atom. The van der Waals surface area contributed by atoms with E-state index in [1.807, 2.05) is 0 Å². The molecule has 4 nitrogen and oxygen atoms in total. The summed E-state index contributed by atoms with van der Waals surface area (Å²) in [5, 5.41) is 6.89. The van der Waals surface area contributed by atoms with Crippen molar-refractivity contribution in [3.63, 3.8) is 0 Å². The van der Waals surface area contributed by atoms with Crippen LogP contribution < -0.4 is 0 Å². The summed E-state index contributed by atoms with van der Waals surface area (Å²) in [5.74, 6) is 0.909. The zero-order chi connectivity index (χ0) is 12.8. The summed E-state index contributed by atoms with van der Waals surface area (Å²) in [7, 11) is 0. The zero-order valence-corrected chi connectivity index (χ0v) is 10.9. The van der Waals surface area contributed by atoms with Crippen LogP contribution >= 0.6 is 0 Å². The van der Waals surface area contributed by atoms with Crippen LogP contribution in [0.15, 0.2) is 0 Å². The Labute approximate surface area is 108 Å². The lowest BCUT2D eigenvalue weighted by atomic mass is 9.63. The first-order valence-corrected chi connectivity index (χ1v) is 7.05.